The third kappa shape index (κ3) is 1.75. The minimum atomic E-state index is -0.976. The van der Waals surface area contributed by atoms with Crippen molar-refractivity contribution in [2.45, 2.75) is 19.1 Å². The van der Waals surface area contributed by atoms with Crippen molar-refractivity contribution >= 4 is 0 Å². The van der Waals surface area contributed by atoms with Gasteiger partial charge in [-0.25, -0.2) is 4.98 Å². The Morgan fingerprint density at radius 2 is 2.58 bits per heavy atom. The number of aromatic nitrogens is 1. The van der Waals surface area contributed by atoms with E-state index in [2.05, 4.69) is 15.0 Å². The Morgan fingerprint density at radius 3 is 3.08 bits per heavy atom. The molecule has 0 aromatic carbocycles. The van der Waals surface area contributed by atoms with Crippen molar-refractivity contribution in [3.8, 4) is 0 Å². The fraction of sp³-hybridized carbons (Fsp3) is 0.500. The molecule has 1 N–H and O–H groups in total. The van der Waals surface area contributed by atoms with Gasteiger partial charge < -0.3 is 9.52 Å². The van der Waals surface area contributed by atoms with Crippen molar-refractivity contribution in [3.05, 3.63) is 28.8 Å². The van der Waals surface area contributed by atoms with Gasteiger partial charge in [0.2, 0.25) is 5.89 Å². The molecule has 0 saturated heterocycles. The number of aliphatic hydroxyl groups excluding tert-OH is 1. The summed E-state index contributed by atoms with van der Waals surface area (Å²) in [6.07, 6.45) is 1.79. The van der Waals surface area contributed by atoms with Gasteiger partial charge in [0.05, 0.1) is 12.2 Å². The third-order valence-electron chi connectivity index (χ3n) is 1.40. The number of aliphatic hydroxyl groups is 1. The first-order valence-electron chi connectivity index (χ1n) is 3.37. The normalized spacial score (nSPS) is 14.8. The molecule has 1 heterocycles. The summed E-state index contributed by atoms with van der Waals surface area (Å²) in [6.45, 7) is 1.58. The summed E-state index contributed by atoms with van der Waals surface area (Å²) in [7, 11) is 0. The van der Waals surface area contributed by atoms with Crippen LogP contribution in [0.15, 0.2) is 22.0 Å². The highest BCUT2D eigenvalue weighted by atomic mass is 16.4. The number of nitrogens with zero attached hydrogens (tertiary/aromatic N) is 4. The second kappa shape index (κ2) is 3.75. The lowest BCUT2D eigenvalue weighted by Gasteiger charge is -2.08. The van der Waals surface area contributed by atoms with E-state index in [1.54, 1.807) is 6.92 Å². The number of hydrogen-bond acceptors (Lipinski definition) is 4. The van der Waals surface area contributed by atoms with Crippen LogP contribution in [-0.4, -0.2) is 16.1 Å². The fourth-order valence-electron chi connectivity index (χ4n) is 0.731. The smallest absolute Gasteiger partial charge is 0.223 e. The first-order valence-corrected chi connectivity index (χ1v) is 3.37. The Kier molecular flexibility index (Phi) is 2.68. The number of azide groups is 1. The zero-order valence-corrected chi connectivity index (χ0v) is 6.45. The molecule has 0 aliphatic rings. The predicted molar refractivity (Wildman–Crippen MR) is 40.1 cm³/mol. The predicted octanol–water partition coefficient (Wildman–Crippen LogP) is 1.41. The van der Waals surface area contributed by atoms with E-state index in [0.29, 0.717) is 0 Å². The Morgan fingerprint density at radius 1 is 1.83 bits per heavy atom. The molecule has 1 aromatic rings. The molecule has 2 atom stereocenters. The summed E-state index contributed by atoms with van der Waals surface area (Å²) >= 11 is 0. The average molecular weight is 168 g/mol. The Balaban J connectivity index is 2.71. The molecule has 12 heavy (non-hydrogen) atoms. The number of rotatable bonds is 3. The zero-order valence-electron chi connectivity index (χ0n) is 6.45. The highest BCUT2D eigenvalue weighted by molar-refractivity contribution is 4.90. The summed E-state index contributed by atoms with van der Waals surface area (Å²) in [6, 6.07) is -0.575. The van der Waals surface area contributed by atoms with Crippen LogP contribution in [0.2, 0.25) is 0 Å². The molecule has 0 saturated carbocycles. The van der Waals surface area contributed by atoms with Gasteiger partial charge in [-0.05, 0) is 5.53 Å². The van der Waals surface area contributed by atoms with Crippen LogP contribution in [0.1, 0.15) is 18.9 Å². The van der Waals surface area contributed by atoms with Crippen LogP contribution in [0.25, 0.3) is 10.4 Å². The summed E-state index contributed by atoms with van der Waals surface area (Å²) in [5.41, 5.74) is 8.08. The molecule has 2 unspecified atom stereocenters. The lowest BCUT2D eigenvalue weighted by Crippen LogP contribution is -2.11. The molecule has 1 aromatic heterocycles. The summed E-state index contributed by atoms with van der Waals surface area (Å²) < 4.78 is 4.82. The van der Waals surface area contributed by atoms with Crippen LogP contribution in [0.3, 0.4) is 0 Å². The van der Waals surface area contributed by atoms with Crippen molar-refractivity contribution in [1.29, 1.82) is 0 Å². The number of oxazole rings is 1. The second-order valence-electron chi connectivity index (χ2n) is 2.26. The van der Waals surface area contributed by atoms with Crippen molar-refractivity contribution in [1.82, 2.24) is 4.98 Å². The van der Waals surface area contributed by atoms with Gasteiger partial charge in [0.1, 0.15) is 12.4 Å². The fourth-order valence-corrected chi connectivity index (χ4v) is 0.731. The van der Waals surface area contributed by atoms with Crippen molar-refractivity contribution in [2.24, 2.45) is 5.11 Å². The van der Waals surface area contributed by atoms with E-state index < -0.39 is 12.1 Å². The van der Waals surface area contributed by atoms with Crippen molar-refractivity contribution in [3.63, 3.8) is 0 Å². The van der Waals surface area contributed by atoms with E-state index in [1.807, 2.05) is 0 Å². The van der Waals surface area contributed by atoms with Gasteiger partial charge in [0.15, 0.2) is 0 Å². The third-order valence-corrected chi connectivity index (χ3v) is 1.40. The van der Waals surface area contributed by atoms with Crippen LogP contribution < -0.4 is 0 Å². The van der Waals surface area contributed by atoms with E-state index in [0.717, 1.165) is 0 Å². The second-order valence-corrected chi connectivity index (χ2v) is 2.26. The molecule has 1 rings (SSSR count). The lowest BCUT2D eigenvalue weighted by molar-refractivity contribution is 0.121. The maximum atomic E-state index is 9.39. The van der Waals surface area contributed by atoms with Crippen LogP contribution in [0, 0.1) is 0 Å². The molecular formula is C6H8N4O2. The molecular weight excluding hydrogens is 160 g/mol. The molecule has 0 spiro atoms. The first-order chi connectivity index (χ1) is 5.75. The highest BCUT2D eigenvalue weighted by Gasteiger charge is 2.18. The Labute approximate surface area is 68.5 Å². The van der Waals surface area contributed by atoms with Gasteiger partial charge >= 0.3 is 0 Å². The average Bonchev–Trinajstić information content (AvgIpc) is 2.55. The monoisotopic (exact) mass is 168 g/mol. The molecule has 0 bridgehead atoms. The molecule has 0 fully saturated rings. The maximum absolute atomic E-state index is 9.39. The summed E-state index contributed by atoms with van der Waals surface area (Å²) in [4.78, 5) is 6.28. The van der Waals surface area contributed by atoms with E-state index in [4.69, 9.17) is 9.95 Å². The quantitative estimate of drug-likeness (QED) is 0.419. The van der Waals surface area contributed by atoms with Gasteiger partial charge in [-0.3, -0.25) is 0 Å². The van der Waals surface area contributed by atoms with E-state index in [-0.39, 0.29) is 5.89 Å². The first kappa shape index (κ1) is 8.58. The number of hydrogen-bond donors (Lipinski definition) is 1. The van der Waals surface area contributed by atoms with Gasteiger partial charge in [-0.2, -0.15) is 0 Å². The molecule has 0 aliphatic carbocycles. The summed E-state index contributed by atoms with van der Waals surface area (Å²) in [5.74, 6) is 0.162. The topological polar surface area (TPSA) is 95.0 Å². The molecule has 0 aliphatic heterocycles. The van der Waals surface area contributed by atoms with Gasteiger partial charge in [0.25, 0.3) is 0 Å². The van der Waals surface area contributed by atoms with Crippen LogP contribution in [-0.2, 0) is 0 Å². The largest absolute Gasteiger partial charge is 0.446 e. The molecule has 6 heteroatoms. The highest BCUT2D eigenvalue weighted by Crippen LogP contribution is 2.16. The zero-order chi connectivity index (χ0) is 8.97. The van der Waals surface area contributed by atoms with Crippen molar-refractivity contribution in [2.75, 3.05) is 0 Å². The Bertz CT molecular complexity index is 278. The Hall–Kier alpha value is -1.52. The molecule has 0 radical (unpaired) electrons. The van der Waals surface area contributed by atoms with Crippen LogP contribution in [0.4, 0.5) is 0 Å². The van der Waals surface area contributed by atoms with E-state index >= 15 is 0 Å². The molecule has 6 nitrogen and oxygen atoms in total. The maximum Gasteiger partial charge on any atom is 0.223 e. The molecule has 0 amide bonds. The SMILES string of the molecule is CC(N=[N+]=[N-])C(O)c1ncco1. The van der Waals surface area contributed by atoms with Gasteiger partial charge in [0, 0.05) is 4.91 Å². The van der Waals surface area contributed by atoms with Crippen molar-refractivity contribution < 1.29 is 9.52 Å². The molecule has 64 valence electrons. The standard InChI is InChI=1S/C6H8N4O2/c1-4(9-10-7)5(11)6-8-2-3-12-6/h2-5,11H,1H3. The van der Waals surface area contributed by atoms with E-state index in [9.17, 15) is 5.11 Å². The van der Waals surface area contributed by atoms with E-state index in [1.165, 1.54) is 12.5 Å². The summed E-state index contributed by atoms with van der Waals surface area (Å²) in [5, 5.41) is 12.7. The van der Waals surface area contributed by atoms with Crippen LogP contribution in [0.5, 0.6) is 0 Å². The van der Waals surface area contributed by atoms with Gasteiger partial charge in [-0.1, -0.05) is 12.0 Å². The van der Waals surface area contributed by atoms with Gasteiger partial charge in [-0.15, -0.1) is 0 Å². The lowest BCUT2D eigenvalue weighted by atomic mass is 10.2. The minimum absolute atomic E-state index is 0.162. The minimum Gasteiger partial charge on any atom is -0.446 e. The van der Waals surface area contributed by atoms with Crippen LogP contribution >= 0.6 is 0 Å².